The molecule has 1 saturated heterocycles. The van der Waals surface area contributed by atoms with E-state index in [1.807, 2.05) is 35.4 Å². The minimum atomic E-state index is 0.0775. The number of aryl methyl sites for hydroxylation is 1. The Morgan fingerprint density at radius 2 is 1.72 bits per heavy atom. The molecule has 0 N–H and O–H groups in total. The molecule has 148 valence electrons. The molecule has 0 unspecified atom stereocenters. The summed E-state index contributed by atoms with van der Waals surface area (Å²) in [5.74, 6) is 1.91. The van der Waals surface area contributed by atoms with Crippen molar-refractivity contribution in [2.75, 3.05) is 29.4 Å². The van der Waals surface area contributed by atoms with E-state index in [0.717, 1.165) is 56.8 Å². The van der Waals surface area contributed by atoms with Gasteiger partial charge in [-0.2, -0.15) is 5.10 Å². The minimum Gasteiger partial charge on any atom is -0.355 e. The zero-order valence-electron chi connectivity index (χ0n) is 16.3. The van der Waals surface area contributed by atoms with Gasteiger partial charge in [-0.3, -0.25) is 4.79 Å². The summed E-state index contributed by atoms with van der Waals surface area (Å²) in [5.41, 5.74) is 2.39. The third-order valence-corrected chi connectivity index (χ3v) is 5.92. The van der Waals surface area contributed by atoms with Crippen molar-refractivity contribution in [3.8, 4) is 5.82 Å². The number of piperidine rings is 1. The van der Waals surface area contributed by atoms with Crippen molar-refractivity contribution >= 4 is 17.4 Å². The maximum Gasteiger partial charge on any atom is 0.230 e. The van der Waals surface area contributed by atoms with Gasteiger partial charge in [0.25, 0.3) is 0 Å². The van der Waals surface area contributed by atoms with Gasteiger partial charge in [-0.1, -0.05) is 18.2 Å². The van der Waals surface area contributed by atoms with Crippen molar-refractivity contribution in [2.24, 2.45) is 5.92 Å². The van der Waals surface area contributed by atoms with Crippen molar-refractivity contribution < 1.29 is 4.79 Å². The number of hydrogen-bond donors (Lipinski definition) is 0. The number of nitrogens with zero attached hydrogens (tertiary/aromatic N) is 6. The summed E-state index contributed by atoms with van der Waals surface area (Å²) in [5, 5.41) is 12.8. The maximum atomic E-state index is 13.2. The fraction of sp³-hybridized carbons (Fsp3) is 0.364. The number of carbonyl (C=O) groups excluding carboxylic acids is 1. The average molecular weight is 388 g/mol. The van der Waals surface area contributed by atoms with Crippen molar-refractivity contribution in [1.29, 1.82) is 0 Å². The molecule has 0 atom stereocenters. The van der Waals surface area contributed by atoms with Crippen molar-refractivity contribution in [3.63, 3.8) is 0 Å². The van der Waals surface area contributed by atoms with Crippen LogP contribution < -0.4 is 9.80 Å². The molecule has 29 heavy (non-hydrogen) atoms. The van der Waals surface area contributed by atoms with Crippen LogP contribution in [0.1, 0.15) is 24.8 Å². The summed E-state index contributed by atoms with van der Waals surface area (Å²) in [4.78, 5) is 17.4. The lowest BCUT2D eigenvalue weighted by Crippen LogP contribution is -2.44. The molecule has 2 aromatic heterocycles. The Hall–Kier alpha value is -3.22. The zero-order chi connectivity index (χ0) is 19.6. The Morgan fingerprint density at radius 1 is 0.931 bits per heavy atom. The van der Waals surface area contributed by atoms with E-state index in [0.29, 0.717) is 5.82 Å². The molecule has 0 spiro atoms. The van der Waals surface area contributed by atoms with Crippen molar-refractivity contribution in [3.05, 3.63) is 60.4 Å². The molecule has 4 heterocycles. The van der Waals surface area contributed by atoms with Crippen LogP contribution in [-0.4, -0.2) is 45.5 Å². The largest absolute Gasteiger partial charge is 0.355 e. The summed E-state index contributed by atoms with van der Waals surface area (Å²) in [6.45, 7) is 2.47. The van der Waals surface area contributed by atoms with E-state index in [1.165, 1.54) is 5.56 Å². The number of anilines is 2. The van der Waals surface area contributed by atoms with Gasteiger partial charge in [0.1, 0.15) is 0 Å². The van der Waals surface area contributed by atoms with E-state index in [-0.39, 0.29) is 11.8 Å². The zero-order valence-corrected chi connectivity index (χ0v) is 16.3. The van der Waals surface area contributed by atoms with Gasteiger partial charge in [0.15, 0.2) is 11.6 Å². The molecule has 0 bridgehead atoms. The number of carbonyl (C=O) groups is 1. The molecule has 2 aliphatic rings. The molecule has 1 aromatic carbocycles. The van der Waals surface area contributed by atoms with Crippen LogP contribution in [0.4, 0.5) is 11.5 Å². The van der Waals surface area contributed by atoms with E-state index >= 15 is 0 Å². The highest BCUT2D eigenvalue weighted by Crippen LogP contribution is 2.31. The Kier molecular flexibility index (Phi) is 4.71. The third kappa shape index (κ3) is 3.48. The number of rotatable bonds is 3. The standard InChI is InChI=1S/C22H24N6O/c29-22(27-13-3-6-17-5-1-2-7-19(17)27)18-10-15-26(16-11-18)20-8-9-21(25-24-20)28-14-4-12-23-28/h1-2,4-5,7-9,12,14,18H,3,6,10-11,13,15-16H2. The minimum absolute atomic E-state index is 0.0775. The molecular formula is C22H24N6O. The van der Waals surface area contributed by atoms with Gasteiger partial charge in [0, 0.05) is 43.6 Å². The topological polar surface area (TPSA) is 67.2 Å². The van der Waals surface area contributed by atoms with E-state index < -0.39 is 0 Å². The fourth-order valence-electron chi connectivity index (χ4n) is 4.35. The van der Waals surface area contributed by atoms with E-state index in [2.05, 4.69) is 38.4 Å². The molecule has 3 aromatic rings. The number of para-hydroxylation sites is 1. The van der Waals surface area contributed by atoms with Gasteiger partial charge < -0.3 is 9.80 Å². The molecule has 1 amide bonds. The number of hydrogen-bond acceptors (Lipinski definition) is 5. The van der Waals surface area contributed by atoms with Gasteiger partial charge in [0.2, 0.25) is 5.91 Å². The number of benzene rings is 1. The predicted octanol–water partition coefficient (Wildman–Crippen LogP) is 2.86. The Balaban J connectivity index is 1.23. The second-order valence-corrected chi connectivity index (χ2v) is 7.68. The fourth-order valence-corrected chi connectivity index (χ4v) is 4.35. The molecular weight excluding hydrogens is 364 g/mol. The normalized spacial score (nSPS) is 17.2. The Labute approximate surface area is 170 Å². The highest BCUT2D eigenvalue weighted by molar-refractivity contribution is 5.96. The van der Waals surface area contributed by atoms with Crippen LogP contribution in [0.2, 0.25) is 0 Å². The first-order valence-corrected chi connectivity index (χ1v) is 10.3. The molecule has 0 aliphatic carbocycles. The summed E-state index contributed by atoms with van der Waals surface area (Å²) < 4.78 is 1.69. The second kappa shape index (κ2) is 7.66. The highest BCUT2D eigenvalue weighted by Gasteiger charge is 2.31. The maximum absolute atomic E-state index is 13.2. The lowest BCUT2D eigenvalue weighted by atomic mass is 9.93. The van der Waals surface area contributed by atoms with E-state index in [1.54, 1.807) is 10.9 Å². The molecule has 0 radical (unpaired) electrons. The van der Waals surface area contributed by atoms with Crippen molar-refractivity contribution in [1.82, 2.24) is 20.0 Å². The quantitative estimate of drug-likeness (QED) is 0.690. The van der Waals surface area contributed by atoms with Crippen LogP contribution in [0, 0.1) is 5.92 Å². The number of amides is 1. The Morgan fingerprint density at radius 3 is 2.48 bits per heavy atom. The van der Waals surface area contributed by atoms with Crippen LogP contribution in [0.5, 0.6) is 0 Å². The average Bonchev–Trinajstić information content (AvgIpc) is 3.33. The van der Waals surface area contributed by atoms with Crippen LogP contribution in [-0.2, 0) is 11.2 Å². The van der Waals surface area contributed by atoms with Crippen LogP contribution >= 0.6 is 0 Å². The van der Waals surface area contributed by atoms with Gasteiger partial charge in [0.05, 0.1) is 0 Å². The first kappa shape index (κ1) is 17.8. The van der Waals surface area contributed by atoms with Gasteiger partial charge >= 0.3 is 0 Å². The summed E-state index contributed by atoms with van der Waals surface area (Å²) in [6, 6.07) is 14.1. The highest BCUT2D eigenvalue weighted by atomic mass is 16.2. The molecule has 7 heteroatoms. The third-order valence-electron chi connectivity index (χ3n) is 5.92. The number of fused-ring (bicyclic) bond motifs is 1. The summed E-state index contributed by atoms with van der Waals surface area (Å²) in [7, 11) is 0. The van der Waals surface area contributed by atoms with Gasteiger partial charge in [-0.25, -0.2) is 4.68 Å². The lowest BCUT2D eigenvalue weighted by Gasteiger charge is -2.36. The van der Waals surface area contributed by atoms with Crippen LogP contribution in [0.15, 0.2) is 54.9 Å². The van der Waals surface area contributed by atoms with Crippen LogP contribution in [0.3, 0.4) is 0 Å². The van der Waals surface area contributed by atoms with Crippen LogP contribution in [0.25, 0.3) is 5.82 Å². The van der Waals surface area contributed by atoms with Gasteiger partial charge in [-0.15, -0.1) is 10.2 Å². The van der Waals surface area contributed by atoms with E-state index in [4.69, 9.17) is 0 Å². The summed E-state index contributed by atoms with van der Waals surface area (Å²) in [6.07, 6.45) is 7.36. The smallest absolute Gasteiger partial charge is 0.230 e. The SMILES string of the molecule is O=C(C1CCN(c2ccc(-n3cccn3)nn2)CC1)N1CCCc2ccccc21. The Bertz CT molecular complexity index is 977. The second-order valence-electron chi connectivity index (χ2n) is 7.68. The van der Waals surface area contributed by atoms with E-state index in [9.17, 15) is 4.79 Å². The monoisotopic (exact) mass is 388 g/mol. The molecule has 5 rings (SSSR count). The number of aromatic nitrogens is 4. The molecule has 7 nitrogen and oxygen atoms in total. The molecule has 0 saturated carbocycles. The molecule has 1 fully saturated rings. The summed E-state index contributed by atoms with van der Waals surface area (Å²) >= 11 is 0. The first-order valence-electron chi connectivity index (χ1n) is 10.3. The van der Waals surface area contributed by atoms with Crippen molar-refractivity contribution in [2.45, 2.75) is 25.7 Å². The van der Waals surface area contributed by atoms with Gasteiger partial charge in [-0.05, 0) is 55.5 Å². The lowest BCUT2D eigenvalue weighted by molar-refractivity contribution is -0.123. The predicted molar refractivity (Wildman–Crippen MR) is 111 cm³/mol. The first-order chi connectivity index (χ1) is 14.3. The molecule has 2 aliphatic heterocycles.